The largest absolute Gasteiger partial charge is 0.318 e. The Kier molecular flexibility index (Phi) is 4.27. The number of rotatable bonds is 2. The monoisotopic (exact) mass is 365 g/mol. The van der Waals surface area contributed by atoms with Gasteiger partial charge in [-0.25, -0.2) is 0 Å². The highest BCUT2D eigenvalue weighted by molar-refractivity contribution is 8.18. The summed E-state index contributed by atoms with van der Waals surface area (Å²) in [6.07, 6.45) is 1.80. The molecule has 1 aromatic heterocycles. The van der Waals surface area contributed by atoms with Gasteiger partial charge in [-0.3, -0.25) is 10.2 Å². The van der Waals surface area contributed by atoms with E-state index in [2.05, 4.69) is 9.88 Å². The fraction of sp³-hybridized carbons (Fsp3) is 0.125. The Morgan fingerprint density at radius 3 is 2.57 bits per heavy atom. The molecule has 2 heterocycles. The van der Waals surface area contributed by atoms with E-state index in [1.807, 2.05) is 32.0 Å². The van der Waals surface area contributed by atoms with Crippen LogP contribution in [0.3, 0.4) is 0 Å². The topological polar surface area (TPSA) is 57.9 Å². The maximum absolute atomic E-state index is 11.8. The van der Waals surface area contributed by atoms with Crippen molar-refractivity contribution >= 4 is 52.1 Å². The Morgan fingerprint density at radius 1 is 1.22 bits per heavy atom. The molecule has 1 saturated heterocycles. The van der Waals surface area contributed by atoms with Gasteiger partial charge in [0.05, 0.1) is 15.0 Å². The molecule has 7 heteroatoms. The van der Waals surface area contributed by atoms with E-state index in [9.17, 15) is 4.79 Å². The summed E-state index contributed by atoms with van der Waals surface area (Å²) in [5, 5.41) is 11.1. The number of benzene rings is 1. The average molecular weight is 366 g/mol. The third-order valence-electron chi connectivity index (χ3n) is 3.58. The second-order valence-corrected chi connectivity index (χ2v) is 7.02. The zero-order valence-corrected chi connectivity index (χ0v) is 14.7. The van der Waals surface area contributed by atoms with Gasteiger partial charge in [0.15, 0.2) is 5.17 Å². The molecule has 23 heavy (non-hydrogen) atoms. The SMILES string of the molecule is Cc1cc(/C=C2\SC(=N)NC2=O)c(C)n1-c1ccc(Cl)c(Cl)c1. The first-order valence-corrected chi connectivity index (χ1v) is 8.38. The van der Waals surface area contributed by atoms with E-state index in [1.165, 1.54) is 0 Å². The molecule has 118 valence electrons. The van der Waals surface area contributed by atoms with Crippen molar-refractivity contribution in [3.8, 4) is 5.69 Å². The summed E-state index contributed by atoms with van der Waals surface area (Å²) in [5.41, 5.74) is 3.85. The van der Waals surface area contributed by atoms with Crippen LogP contribution >= 0.6 is 35.0 Å². The summed E-state index contributed by atoms with van der Waals surface area (Å²) >= 11 is 13.2. The summed E-state index contributed by atoms with van der Waals surface area (Å²) < 4.78 is 2.05. The summed E-state index contributed by atoms with van der Waals surface area (Å²) in [4.78, 5) is 12.3. The molecular formula is C16H13Cl2N3OS. The zero-order valence-electron chi connectivity index (χ0n) is 12.4. The van der Waals surface area contributed by atoms with Gasteiger partial charge in [0.2, 0.25) is 0 Å². The van der Waals surface area contributed by atoms with Crippen LogP contribution in [0.15, 0.2) is 29.2 Å². The predicted octanol–water partition coefficient (Wildman–Crippen LogP) is 4.54. The third kappa shape index (κ3) is 3.04. The molecule has 2 N–H and O–H groups in total. The second-order valence-electron chi connectivity index (χ2n) is 5.15. The number of nitrogens with zero attached hydrogens (tertiary/aromatic N) is 1. The molecule has 0 aliphatic carbocycles. The van der Waals surface area contributed by atoms with E-state index in [0.29, 0.717) is 15.0 Å². The van der Waals surface area contributed by atoms with Crippen LogP contribution < -0.4 is 5.32 Å². The minimum absolute atomic E-state index is 0.152. The number of carbonyl (C=O) groups is 1. The molecule has 0 atom stereocenters. The van der Waals surface area contributed by atoms with Gasteiger partial charge in [-0.15, -0.1) is 0 Å². The maximum atomic E-state index is 11.8. The molecule has 0 spiro atoms. The molecule has 1 amide bonds. The molecule has 2 aromatic rings. The lowest BCUT2D eigenvalue weighted by Crippen LogP contribution is -2.18. The van der Waals surface area contributed by atoms with E-state index < -0.39 is 0 Å². The van der Waals surface area contributed by atoms with Crippen LogP contribution in [0.2, 0.25) is 10.0 Å². The van der Waals surface area contributed by atoms with Crippen LogP contribution in [-0.2, 0) is 4.79 Å². The molecule has 0 radical (unpaired) electrons. The van der Waals surface area contributed by atoms with Crippen molar-refractivity contribution in [2.45, 2.75) is 13.8 Å². The van der Waals surface area contributed by atoms with E-state index in [-0.39, 0.29) is 11.1 Å². The van der Waals surface area contributed by atoms with Gasteiger partial charge in [-0.2, -0.15) is 0 Å². The van der Waals surface area contributed by atoms with Crippen molar-refractivity contribution < 1.29 is 4.79 Å². The Hall–Kier alpha value is -1.69. The number of aromatic nitrogens is 1. The highest BCUT2D eigenvalue weighted by atomic mass is 35.5. The molecule has 1 aromatic carbocycles. The number of thioether (sulfide) groups is 1. The first-order chi connectivity index (χ1) is 10.9. The van der Waals surface area contributed by atoms with Crippen LogP contribution in [0, 0.1) is 19.3 Å². The van der Waals surface area contributed by atoms with Gasteiger partial charge >= 0.3 is 0 Å². The lowest BCUT2D eigenvalue weighted by atomic mass is 10.2. The van der Waals surface area contributed by atoms with Gasteiger partial charge in [-0.05, 0) is 61.5 Å². The minimum Gasteiger partial charge on any atom is -0.318 e. The lowest BCUT2D eigenvalue weighted by Gasteiger charge is -2.10. The highest BCUT2D eigenvalue weighted by Gasteiger charge is 2.23. The number of nitrogens with one attached hydrogen (secondary N) is 2. The summed E-state index contributed by atoms with van der Waals surface area (Å²) in [6, 6.07) is 7.48. The summed E-state index contributed by atoms with van der Waals surface area (Å²) in [6.45, 7) is 3.96. The van der Waals surface area contributed by atoms with Gasteiger partial charge in [-0.1, -0.05) is 23.2 Å². The lowest BCUT2D eigenvalue weighted by molar-refractivity contribution is -0.115. The van der Waals surface area contributed by atoms with Crippen molar-refractivity contribution in [3.63, 3.8) is 0 Å². The smallest absolute Gasteiger partial charge is 0.264 e. The van der Waals surface area contributed by atoms with Gasteiger partial charge in [0, 0.05) is 17.1 Å². The van der Waals surface area contributed by atoms with Gasteiger partial charge < -0.3 is 9.88 Å². The quantitative estimate of drug-likeness (QED) is 0.767. The zero-order chi connectivity index (χ0) is 16.7. The number of amides is 1. The Morgan fingerprint density at radius 2 is 1.96 bits per heavy atom. The Balaban J connectivity index is 2.06. The summed E-state index contributed by atoms with van der Waals surface area (Å²) in [5.74, 6) is -0.237. The van der Waals surface area contributed by atoms with Crippen LogP contribution in [0.25, 0.3) is 11.8 Å². The van der Waals surface area contributed by atoms with E-state index in [4.69, 9.17) is 28.6 Å². The van der Waals surface area contributed by atoms with Crippen LogP contribution in [-0.4, -0.2) is 15.6 Å². The number of halogens is 2. The molecule has 0 bridgehead atoms. The van der Waals surface area contributed by atoms with E-state index in [1.54, 1.807) is 12.1 Å². The highest BCUT2D eigenvalue weighted by Crippen LogP contribution is 2.30. The van der Waals surface area contributed by atoms with Crippen LogP contribution in [0.1, 0.15) is 17.0 Å². The van der Waals surface area contributed by atoms with E-state index in [0.717, 1.165) is 34.4 Å². The summed E-state index contributed by atoms with van der Waals surface area (Å²) in [7, 11) is 0. The van der Waals surface area contributed by atoms with Crippen LogP contribution in [0.5, 0.6) is 0 Å². The Bertz CT molecular complexity index is 870. The standard InChI is InChI=1S/C16H13Cl2N3OS/c1-8-5-10(6-14-15(22)20-16(19)23-14)9(2)21(8)11-3-4-12(17)13(18)7-11/h3-7H,1-2H3,(H2,19,20,22)/b14-6-. The van der Waals surface area contributed by atoms with Gasteiger partial charge in [0.25, 0.3) is 5.91 Å². The molecular weight excluding hydrogens is 353 g/mol. The maximum Gasteiger partial charge on any atom is 0.264 e. The fourth-order valence-electron chi connectivity index (χ4n) is 2.54. The van der Waals surface area contributed by atoms with Gasteiger partial charge in [0.1, 0.15) is 0 Å². The first-order valence-electron chi connectivity index (χ1n) is 6.80. The third-order valence-corrected chi connectivity index (χ3v) is 5.15. The normalized spacial score (nSPS) is 16.3. The number of amidine groups is 1. The van der Waals surface area contributed by atoms with Crippen molar-refractivity contribution in [1.82, 2.24) is 9.88 Å². The Labute approximate surface area is 148 Å². The predicted molar refractivity (Wildman–Crippen MR) is 96.7 cm³/mol. The molecule has 1 fully saturated rings. The molecule has 1 aliphatic rings. The van der Waals surface area contributed by atoms with Crippen molar-refractivity contribution in [3.05, 3.63) is 56.2 Å². The molecule has 0 unspecified atom stereocenters. The van der Waals surface area contributed by atoms with Crippen molar-refractivity contribution in [2.24, 2.45) is 0 Å². The number of carbonyl (C=O) groups excluding carboxylic acids is 1. The number of hydrogen-bond donors (Lipinski definition) is 2. The van der Waals surface area contributed by atoms with Crippen molar-refractivity contribution in [1.29, 1.82) is 5.41 Å². The number of aryl methyl sites for hydroxylation is 1. The minimum atomic E-state index is -0.237. The molecule has 4 nitrogen and oxygen atoms in total. The second kappa shape index (κ2) is 6.07. The number of hydrogen-bond acceptors (Lipinski definition) is 3. The molecule has 0 saturated carbocycles. The molecule has 3 rings (SSSR count). The average Bonchev–Trinajstić information content (AvgIpc) is 2.93. The van der Waals surface area contributed by atoms with Crippen LogP contribution in [0.4, 0.5) is 0 Å². The fourth-order valence-corrected chi connectivity index (χ4v) is 3.52. The molecule has 1 aliphatic heterocycles. The van der Waals surface area contributed by atoms with E-state index >= 15 is 0 Å². The first kappa shape index (κ1) is 16.2. The van der Waals surface area contributed by atoms with Crippen molar-refractivity contribution in [2.75, 3.05) is 0 Å².